The van der Waals surface area contributed by atoms with E-state index in [4.69, 9.17) is 14.2 Å². The number of fused-ring (bicyclic) bond motifs is 1. The maximum absolute atomic E-state index is 14.7. The van der Waals surface area contributed by atoms with Gasteiger partial charge in [0.15, 0.2) is 12.1 Å². The first kappa shape index (κ1) is 26.0. The smallest absolute Gasteiger partial charge is 0.384 e. The molecule has 1 heterocycles. The van der Waals surface area contributed by atoms with Crippen LogP contribution in [0.4, 0.5) is 26.3 Å². The number of hydrogen-bond acceptors (Lipinski definition) is 3. The fourth-order valence-corrected chi connectivity index (χ4v) is 4.06. The van der Waals surface area contributed by atoms with Crippen LogP contribution in [0.1, 0.15) is 28.5 Å². The lowest BCUT2D eigenvalue weighted by Gasteiger charge is -2.29. The molecule has 4 rings (SSSR count). The van der Waals surface area contributed by atoms with Crippen molar-refractivity contribution in [1.82, 2.24) is 0 Å². The van der Waals surface area contributed by atoms with Crippen LogP contribution in [0.15, 0.2) is 42.5 Å². The predicted octanol–water partition coefficient (Wildman–Crippen LogP) is 6.26. The summed E-state index contributed by atoms with van der Waals surface area (Å²) in [5, 5.41) is -0.692. The van der Waals surface area contributed by atoms with Crippen LogP contribution >= 0.6 is 0 Å². The second kappa shape index (κ2) is 10.9. The molecule has 0 aromatic heterocycles. The highest BCUT2D eigenvalue weighted by Crippen LogP contribution is 2.29. The van der Waals surface area contributed by atoms with E-state index in [2.05, 4.69) is 0 Å². The molecule has 0 atom stereocenters. The third-order valence-corrected chi connectivity index (χ3v) is 5.79. The lowest BCUT2D eigenvalue weighted by Crippen LogP contribution is -2.29. The van der Waals surface area contributed by atoms with Gasteiger partial charge in [0.05, 0.1) is 30.8 Å². The van der Waals surface area contributed by atoms with Crippen LogP contribution in [0.3, 0.4) is 0 Å². The van der Waals surface area contributed by atoms with Crippen molar-refractivity contribution in [3.8, 4) is 11.8 Å². The molecule has 3 nitrogen and oxygen atoms in total. The number of halogens is 6. The Morgan fingerprint density at radius 3 is 2.22 bits per heavy atom. The van der Waals surface area contributed by atoms with Crippen molar-refractivity contribution < 1.29 is 40.6 Å². The second-order valence-electron chi connectivity index (χ2n) is 8.53. The highest BCUT2D eigenvalue weighted by molar-refractivity contribution is 5.86. The number of alkyl halides is 3. The Morgan fingerprint density at radius 2 is 1.58 bits per heavy atom. The lowest BCUT2D eigenvalue weighted by molar-refractivity contribution is -0.211. The Morgan fingerprint density at radius 1 is 0.917 bits per heavy atom. The highest BCUT2D eigenvalue weighted by Gasteiger charge is 2.25. The van der Waals surface area contributed by atoms with Gasteiger partial charge in [-0.1, -0.05) is 36.3 Å². The first-order chi connectivity index (χ1) is 17.1. The van der Waals surface area contributed by atoms with E-state index < -0.39 is 40.9 Å². The van der Waals surface area contributed by atoms with Crippen LogP contribution < -0.4 is 0 Å². The maximum atomic E-state index is 14.7. The molecular weight excluding hydrogens is 486 g/mol. The third-order valence-electron chi connectivity index (χ3n) is 5.79. The van der Waals surface area contributed by atoms with Crippen LogP contribution in [-0.4, -0.2) is 33.1 Å². The van der Waals surface area contributed by atoms with Crippen molar-refractivity contribution in [1.29, 1.82) is 0 Å². The Kier molecular flexibility index (Phi) is 7.88. The fourth-order valence-electron chi connectivity index (χ4n) is 4.06. The van der Waals surface area contributed by atoms with Crippen molar-refractivity contribution in [3.63, 3.8) is 0 Å². The normalized spacial score (nSPS) is 18.2. The summed E-state index contributed by atoms with van der Waals surface area (Å²) in [6.45, 7) is 1.63. The van der Waals surface area contributed by atoms with Crippen LogP contribution in [0, 0.1) is 35.2 Å². The summed E-state index contributed by atoms with van der Waals surface area (Å²) in [4.78, 5) is 0. The molecule has 1 aliphatic rings. The Hall–Kier alpha value is -3.06. The van der Waals surface area contributed by atoms with E-state index in [9.17, 15) is 26.3 Å². The minimum Gasteiger partial charge on any atom is -0.384 e. The van der Waals surface area contributed by atoms with E-state index >= 15 is 0 Å². The van der Waals surface area contributed by atoms with Crippen LogP contribution in [-0.2, 0) is 27.1 Å². The van der Waals surface area contributed by atoms with Crippen LogP contribution in [0.5, 0.6) is 0 Å². The molecule has 0 saturated carbocycles. The summed E-state index contributed by atoms with van der Waals surface area (Å²) < 4.78 is 97.1. The molecule has 36 heavy (non-hydrogen) atoms. The van der Waals surface area contributed by atoms with Crippen molar-refractivity contribution >= 4 is 10.8 Å². The molecule has 1 aliphatic heterocycles. The number of ether oxygens (including phenoxy) is 3. The van der Waals surface area contributed by atoms with Crippen molar-refractivity contribution in [2.75, 3.05) is 26.9 Å². The summed E-state index contributed by atoms with van der Waals surface area (Å²) >= 11 is 0. The van der Waals surface area contributed by atoms with E-state index in [1.807, 2.05) is 24.3 Å². The zero-order valence-electron chi connectivity index (χ0n) is 19.2. The summed E-state index contributed by atoms with van der Waals surface area (Å²) in [5.74, 6) is -1.32. The van der Waals surface area contributed by atoms with Crippen molar-refractivity contribution in [2.45, 2.75) is 25.3 Å². The number of methoxy groups -OCH3 is 1. The topological polar surface area (TPSA) is 27.7 Å². The van der Waals surface area contributed by atoms with Crippen molar-refractivity contribution in [3.05, 3.63) is 82.2 Å². The molecule has 0 amide bonds. The van der Waals surface area contributed by atoms with Gasteiger partial charge in [0.2, 0.25) is 0 Å². The predicted molar refractivity (Wildman–Crippen MR) is 121 cm³/mol. The van der Waals surface area contributed by atoms with Gasteiger partial charge in [-0.2, -0.15) is 13.2 Å². The average molecular weight is 508 g/mol. The lowest BCUT2D eigenvalue weighted by atomic mass is 9.98. The van der Waals surface area contributed by atoms with Gasteiger partial charge >= 0.3 is 6.18 Å². The van der Waals surface area contributed by atoms with Gasteiger partial charge < -0.3 is 14.2 Å². The minimum absolute atomic E-state index is 0.0914. The zero-order chi connectivity index (χ0) is 25.9. The van der Waals surface area contributed by atoms with Crippen molar-refractivity contribution in [2.24, 2.45) is 5.92 Å². The number of hydrogen-bond donors (Lipinski definition) is 0. The molecule has 0 N–H and O–H groups in total. The number of aryl methyl sites for hydroxylation is 2. The van der Waals surface area contributed by atoms with Gasteiger partial charge in [-0.25, -0.2) is 13.2 Å². The molecule has 3 aromatic rings. The summed E-state index contributed by atoms with van der Waals surface area (Å²) in [7, 11) is 1.63. The quantitative estimate of drug-likeness (QED) is 0.291. The summed E-state index contributed by atoms with van der Waals surface area (Å²) in [5.41, 5.74) is 1.18. The van der Waals surface area contributed by atoms with Gasteiger partial charge in [0.25, 0.3) is 0 Å². The maximum Gasteiger partial charge on any atom is 0.458 e. The molecule has 0 bridgehead atoms. The summed E-state index contributed by atoms with van der Waals surface area (Å²) in [6, 6.07) is 10.9. The van der Waals surface area contributed by atoms with E-state index in [1.165, 1.54) is 12.0 Å². The molecule has 0 aliphatic carbocycles. The van der Waals surface area contributed by atoms with Gasteiger partial charge in [-0.3, -0.25) is 0 Å². The van der Waals surface area contributed by atoms with E-state index in [0.29, 0.717) is 38.2 Å². The third kappa shape index (κ3) is 6.19. The van der Waals surface area contributed by atoms with Crippen LogP contribution in [0.2, 0.25) is 0 Å². The SMILES string of the molecule is COCC1COC(c2ccc(CCc3cc(F)c4c(F)c(C#CC(F)(F)F)c(F)cc4c3)cc2)OC1. The molecule has 3 aromatic carbocycles. The Balaban J connectivity index is 1.46. The fraction of sp³-hybridized carbons (Fsp3) is 0.333. The monoisotopic (exact) mass is 508 g/mol. The second-order valence-corrected chi connectivity index (χ2v) is 8.53. The largest absolute Gasteiger partial charge is 0.458 e. The molecule has 1 saturated heterocycles. The highest BCUT2D eigenvalue weighted by atomic mass is 19.4. The van der Waals surface area contributed by atoms with Gasteiger partial charge in [0.1, 0.15) is 11.6 Å². The molecule has 0 radical (unpaired) electrons. The number of rotatable bonds is 6. The van der Waals surface area contributed by atoms with E-state index in [0.717, 1.165) is 29.2 Å². The molecule has 0 unspecified atom stereocenters. The first-order valence-electron chi connectivity index (χ1n) is 11.2. The molecule has 190 valence electrons. The zero-order valence-corrected chi connectivity index (χ0v) is 19.2. The average Bonchev–Trinajstić information content (AvgIpc) is 2.82. The first-order valence-corrected chi connectivity index (χ1v) is 11.2. The van der Waals surface area contributed by atoms with E-state index in [-0.39, 0.29) is 11.3 Å². The molecule has 0 spiro atoms. The summed E-state index contributed by atoms with van der Waals surface area (Å²) in [6.07, 6.45) is -4.50. The molecule has 9 heteroatoms. The molecule has 1 fully saturated rings. The minimum atomic E-state index is -4.93. The Bertz CT molecular complexity index is 1280. The van der Waals surface area contributed by atoms with Gasteiger partial charge in [0, 0.05) is 24.5 Å². The molecular formula is C27H22F6O3. The van der Waals surface area contributed by atoms with E-state index in [1.54, 1.807) is 7.11 Å². The Labute approximate surface area is 204 Å². The van der Waals surface area contributed by atoms with Gasteiger partial charge in [-0.05, 0) is 41.5 Å². The van der Waals surface area contributed by atoms with Crippen LogP contribution in [0.25, 0.3) is 10.8 Å². The van der Waals surface area contributed by atoms with Gasteiger partial charge in [-0.15, -0.1) is 0 Å². The standard InChI is InChI=1S/C27H22F6O3/c1-34-13-18-14-35-26(36-15-18)19-6-4-16(5-7-19)2-3-17-10-20-12-22(28)21(8-9-27(31,32)33)25(30)24(20)23(29)11-17/h4-7,10-12,18,26H,2-3,13-15H2,1H3. The number of benzene rings is 3.